The van der Waals surface area contributed by atoms with E-state index in [1.807, 2.05) is 26.0 Å². The summed E-state index contributed by atoms with van der Waals surface area (Å²) in [7, 11) is 0. The number of aryl methyl sites for hydroxylation is 2. The lowest BCUT2D eigenvalue weighted by Gasteiger charge is -2.07. The molecule has 0 aliphatic heterocycles. The SMILES string of the molecule is Cc1cc(C)nc(Oc2ccc(N)cc2C#N)n1. The van der Waals surface area contributed by atoms with Crippen LogP contribution in [0.15, 0.2) is 24.3 Å². The molecule has 5 heteroatoms. The van der Waals surface area contributed by atoms with Crippen molar-refractivity contribution in [3.05, 3.63) is 41.2 Å². The molecule has 0 unspecified atom stereocenters. The maximum atomic E-state index is 9.00. The van der Waals surface area contributed by atoms with Gasteiger partial charge in [-0.3, -0.25) is 0 Å². The molecule has 2 N–H and O–H groups in total. The van der Waals surface area contributed by atoms with Gasteiger partial charge in [-0.2, -0.15) is 5.26 Å². The van der Waals surface area contributed by atoms with Crippen molar-refractivity contribution in [2.24, 2.45) is 0 Å². The minimum absolute atomic E-state index is 0.230. The summed E-state index contributed by atoms with van der Waals surface area (Å²) < 4.78 is 5.52. The molecular formula is C13H12N4O. The smallest absolute Gasteiger partial charge is 0.322 e. The maximum Gasteiger partial charge on any atom is 0.322 e. The number of hydrogen-bond donors (Lipinski definition) is 1. The summed E-state index contributed by atoms with van der Waals surface area (Å²) in [6.07, 6.45) is 0. The van der Waals surface area contributed by atoms with E-state index < -0.39 is 0 Å². The number of aromatic nitrogens is 2. The van der Waals surface area contributed by atoms with E-state index in [1.165, 1.54) is 0 Å². The predicted molar refractivity (Wildman–Crippen MR) is 67.1 cm³/mol. The zero-order chi connectivity index (χ0) is 13.1. The molecule has 1 heterocycles. The molecule has 0 atom stereocenters. The van der Waals surface area contributed by atoms with Gasteiger partial charge in [-0.1, -0.05) is 0 Å². The number of nitrogen functional groups attached to an aromatic ring is 1. The topological polar surface area (TPSA) is 84.8 Å². The summed E-state index contributed by atoms with van der Waals surface area (Å²) in [6.45, 7) is 3.71. The maximum absolute atomic E-state index is 9.00. The molecule has 0 spiro atoms. The lowest BCUT2D eigenvalue weighted by Crippen LogP contribution is -1.97. The Morgan fingerprint density at radius 2 is 1.83 bits per heavy atom. The summed E-state index contributed by atoms with van der Waals surface area (Å²) >= 11 is 0. The molecule has 0 aliphatic rings. The molecule has 5 nitrogen and oxygen atoms in total. The van der Waals surface area contributed by atoms with Crippen LogP contribution in [0.1, 0.15) is 17.0 Å². The number of hydrogen-bond acceptors (Lipinski definition) is 5. The molecule has 18 heavy (non-hydrogen) atoms. The van der Waals surface area contributed by atoms with Gasteiger partial charge in [-0.05, 0) is 38.1 Å². The minimum atomic E-state index is 0.230. The molecule has 0 radical (unpaired) electrons. The van der Waals surface area contributed by atoms with Gasteiger partial charge in [0.05, 0.1) is 5.56 Å². The molecule has 0 bridgehead atoms. The lowest BCUT2D eigenvalue weighted by atomic mass is 10.2. The molecule has 0 saturated carbocycles. The van der Waals surface area contributed by atoms with Gasteiger partial charge in [0.25, 0.3) is 0 Å². The monoisotopic (exact) mass is 240 g/mol. The molecular weight excluding hydrogens is 228 g/mol. The van der Waals surface area contributed by atoms with Crippen molar-refractivity contribution in [3.63, 3.8) is 0 Å². The number of ether oxygens (including phenoxy) is 1. The first-order chi connectivity index (χ1) is 8.58. The van der Waals surface area contributed by atoms with Gasteiger partial charge in [0.15, 0.2) is 0 Å². The van der Waals surface area contributed by atoms with Crippen LogP contribution in [0.3, 0.4) is 0 Å². The van der Waals surface area contributed by atoms with Gasteiger partial charge < -0.3 is 10.5 Å². The summed E-state index contributed by atoms with van der Waals surface area (Å²) in [5, 5.41) is 9.00. The van der Waals surface area contributed by atoms with E-state index in [9.17, 15) is 0 Å². The zero-order valence-corrected chi connectivity index (χ0v) is 10.1. The summed E-state index contributed by atoms with van der Waals surface area (Å²) in [4.78, 5) is 8.31. The first kappa shape index (κ1) is 11.9. The van der Waals surface area contributed by atoms with Crippen molar-refractivity contribution in [3.8, 4) is 17.8 Å². The van der Waals surface area contributed by atoms with Crippen LogP contribution in [-0.4, -0.2) is 9.97 Å². The summed E-state index contributed by atoms with van der Waals surface area (Å²) in [5.74, 6) is 0.400. The van der Waals surface area contributed by atoms with Crippen LogP contribution in [0, 0.1) is 25.2 Å². The molecule has 1 aromatic heterocycles. The third-order valence-corrected chi connectivity index (χ3v) is 2.29. The zero-order valence-electron chi connectivity index (χ0n) is 10.1. The van der Waals surface area contributed by atoms with E-state index >= 15 is 0 Å². The lowest BCUT2D eigenvalue weighted by molar-refractivity contribution is 0.437. The van der Waals surface area contributed by atoms with Gasteiger partial charge in [-0.25, -0.2) is 9.97 Å². The average molecular weight is 240 g/mol. The highest BCUT2D eigenvalue weighted by Gasteiger charge is 2.08. The van der Waals surface area contributed by atoms with Crippen LogP contribution >= 0.6 is 0 Å². The van der Waals surface area contributed by atoms with Gasteiger partial charge in [0.2, 0.25) is 0 Å². The third-order valence-electron chi connectivity index (χ3n) is 2.29. The summed E-state index contributed by atoms with van der Waals surface area (Å²) in [5.41, 5.74) is 8.10. The molecule has 0 fully saturated rings. The second kappa shape index (κ2) is 4.72. The van der Waals surface area contributed by atoms with Gasteiger partial charge >= 0.3 is 6.01 Å². The van der Waals surface area contributed by atoms with Crippen molar-refractivity contribution in [1.29, 1.82) is 5.26 Å². The second-order valence-electron chi connectivity index (χ2n) is 3.90. The minimum Gasteiger partial charge on any atom is -0.423 e. The van der Waals surface area contributed by atoms with Gasteiger partial charge in [0, 0.05) is 17.1 Å². The molecule has 2 aromatic rings. The third kappa shape index (κ3) is 2.55. The number of nitriles is 1. The van der Waals surface area contributed by atoms with Crippen LogP contribution in [0.4, 0.5) is 5.69 Å². The van der Waals surface area contributed by atoms with Crippen LogP contribution in [0.5, 0.6) is 11.8 Å². The normalized spacial score (nSPS) is 9.83. The second-order valence-corrected chi connectivity index (χ2v) is 3.90. The van der Waals surface area contributed by atoms with Crippen molar-refractivity contribution in [1.82, 2.24) is 9.97 Å². The van der Waals surface area contributed by atoms with Crippen LogP contribution in [0.25, 0.3) is 0 Å². The van der Waals surface area contributed by atoms with Crippen LogP contribution in [-0.2, 0) is 0 Å². The first-order valence-corrected chi connectivity index (χ1v) is 5.38. The first-order valence-electron chi connectivity index (χ1n) is 5.38. The molecule has 0 saturated heterocycles. The molecule has 0 aliphatic carbocycles. The standard InChI is InChI=1S/C13H12N4O/c1-8-5-9(2)17-13(16-8)18-12-4-3-11(15)6-10(12)7-14/h3-6H,15H2,1-2H3. The molecule has 1 aromatic carbocycles. The Labute approximate surface area is 105 Å². The van der Waals surface area contributed by atoms with Crippen molar-refractivity contribution in [2.45, 2.75) is 13.8 Å². The van der Waals surface area contributed by atoms with Crippen molar-refractivity contribution < 1.29 is 4.74 Å². The Hall–Kier alpha value is -2.61. The van der Waals surface area contributed by atoms with Crippen LogP contribution in [0.2, 0.25) is 0 Å². The number of nitrogens with two attached hydrogens (primary N) is 1. The number of rotatable bonds is 2. The highest BCUT2D eigenvalue weighted by Crippen LogP contribution is 2.24. The highest BCUT2D eigenvalue weighted by atomic mass is 16.5. The van der Waals surface area contributed by atoms with Gasteiger partial charge in [0.1, 0.15) is 11.8 Å². The Kier molecular flexibility index (Phi) is 3.11. The predicted octanol–water partition coefficient (Wildman–Crippen LogP) is 2.34. The Morgan fingerprint density at radius 3 is 2.44 bits per heavy atom. The van der Waals surface area contributed by atoms with E-state index in [0.717, 1.165) is 11.4 Å². The Bertz CT molecular complexity index is 611. The van der Waals surface area contributed by atoms with E-state index in [-0.39, 0.29) is 6.01 Å². The fraction of sp³-hybridized carbons (Fsp3) is 0.154. The van der Waals surface area contributed by atoms with E-state index in [2.05, 4.69) is 9.97 Å². The largest absolute Gasteiger partial charge is 0.423 e. The van der Waals surface area contributed by atoms with Crippen molar-refractivity contribution >= 4 is 5.69 Å². The summed E-state index contributed by atoms with van der Waals surface area (Å²) in [6, 6.07) is 8.96. The Morgan fingerprint density at radius 1 is 1.17 bits per heavy atom. The van der Waals surface area contributed by atoms with E-state index in [4.69, 9.17) is 15.7 Å². The number of benzene rings is 1. The van der Waals surface area contributed by atoms with E-state index in [0.29, 0.717) is 17.0 Å². The molecule has 2 rings (SSSR count). The van der Waals surface area contributed by atoms with E-state index in [1.54, 1.807) is 18.2 Å². The molecule has 0 amide bonds. The van der Waals surface area contributed by atoms with Crippen molar-refractivity contribution in [2.75, 3.05) is 5.73 Å². The van der Waals surface area contributed by atoms with Crippen LogP contribution < -0.4 is 10.5 Å². The number of anilines is 1. The highest BCUT2D eigenvalue weighted by molar-refractivity contribution is 5.53. The fourth-order valence-electron chi connectivity index (χ4n) is 1.56. The quantitative estimate of drug-likeness (QED) is 0.814. The fourth-order valence-corrected chi connectivity index (χ4v) is 1.56. The number of nitrogens with zero attached hydrogens (tertiary/aromatic N) is 3. The van der Waals surface area contributed by atoms with Gasteiger partial charge in [-0.15, -0.1) is 0 Å². The molecule has 90 valence electrons. The average Bonchev–Trinajstić information content (AvgIpc) is 2.30. The Balaban J connectivity index is 2.37.